The van der Waals surface area contributed by atoms with Crippen molar-refractivity contribution in [2.45, 2.75) is 13.2 Å². The van der Waals surface area contributed by atoms with Gasteiger partial charge in [0.2, 0.25) is 0 Å². The van der Waals surface area contributed by atoms with Crippen LogP contribution in [-0.2, 0) is 13.2 Å². The maximum atomic E-state index is 9.93. The fourth-order valence-corrected chi connectivity index (χ4v) is 2.97. The average molecular weight is 330 g/mol. The predicted octanol–water partition coefficient (Wildman–Crippen LogP) is 4.30. The van der Waals surface area contributed by atoms with Gasteiger partial charge in [0.25, 0.3) is 0 Å². The van der Waals surface area contributed by atoms with Gasteiger partial charge in [-0.2, -0.15) is 5.10 Å². The van der Waals surface area contributed by atoms with E-state index in [9.17, 15) is 5.11 Å². The van der Waals surface area contributed by atoms with Crippen LogP contribution in [0.25, 0.3) is 22.0 Å². The second-order valence-electron chi connectivity index (χ2n) is 5.89. The topological polar surface area (TPSA) is 58.1 Å². The van der Waals surface area contributed by atoms with E-state index in [2.05, 4.69) is 10.2 Å². The number of hydrogen-bond acceptors (Lipinski definition) is 3. The van der Waals surface area contributed by atoms with E-state index in [0.29, 0.717) is 12.4 Å². The van der Waals surface area contributed by atoms with E-state index in [1.54, 1.807) is 6.20 Å². The van der Waals surface area contributed by atoms with Gasteiger partial charge in [-0.05, 0) is 28.8 Å². The number of H-pyrrole nitrogens is 1. The summed E-state index contributed by atoms with van der Waals surface area (Å²) in [4.78, 5) is 0. The van der Waals surface area contributed by atoms with Crippen LogP contribution in [0.15, 0.2) is 72.9 Å². The second kappa shape index (κ2) is 6.79. The van der Waals surface area contributed by atoms with Crippen molar-refractivity contribution in [1.29, 1.82) is 0 Å². The van der Waals surface area contributed by atoms with Gasteiger partial charge in [0.1, 0.15) is 12.4 Å². The highest BCUT2D eigenvalue weighted by atomic mass is 16.5. The molecule has 4 aromatic rings. The SMILES string of the molecule is OCc1c(OCc2ccccc2)cccc1-c1ccc2cn[nH]c2c1. The van der Waals surface area contributed by atoms with Gasteiger partial charge < -0.3 is 9.84 Å². The van der Waals surface area contributed by atoms with Crippen LogP contribution in [0, 0.1) is 0 Å². The molecule has 0 aliphatic carbocycles. The molecular weight excluding hydrogens is 312 g/mol. The molecule has 124 valence electrons. The molecule has 25 heavy (non-hydrogen) atoms. The van der Waals surface area contributed by atoms with Crippen LogP contribution >= 0.6 is 0 Å². The lowest BCUT2D eigenvalue weighted by Gasteiger charge is -2.14. The van der Waals surface area contributed by atoms with E-state index in [1.807, 2.05) is 66.7 Å². The number of fused-ring (bicyclic) bond motifs is 1. The summed E-state index contributed by atoms with van der Waals surface area (Å²) in [6, 6.07) is 21.9. The lowest BCUT2D eigenvalue weighted by atomic mass is 9.98. The summed E-state index contributed by atoms with van der Waals surface area (Å²) in [6.07, 6.45) is 1.80. The zero-order valence-electron chi connectivity index (χ0n) is 13.6. The van der Waals surface area contributed by atoms with Gasteiger partial charge in [0, 0.05) is 10.9 Å². The summed E-state index contributed by atoms with van der Waals surface area (Å²) < 4.78 is 5.97. The van der Waals surface area contributed by atoms with Crippen molar-refractivity contribution in [1.82, 2.24) is 10.2 Å². The summed E-state index contributed by atoms with van der Waals surface area (Å²) in [5, 5.41) is 18.0. The van der Waals surface area contributed by atoms with E-state index >= 15 is 0 Å². The Bertz CT molecular complexity index is 993. The molecule has 2 N–H and O–H groups in total. The standard InChI is InChI=1S/C21H18N2O2/c24-13-19-18(16-9-10-17-12-22-23-20(17)11-16)7-4-8-21(19)25-14-15-5-2-1-3-6-15/h1-12,24H,13-14H2,(H,22,23). The first kappa shape index (κ1) is 15.4. The zero-order valence-corrected chi connectivity index (χ0v) is 13.6. The fourth-order valence-electron chi connectivity index (χ4n) is 2.97. The Morgan fingerprint density at radius 3 is 2.68 bits per heavy atom. The minimum absolute atomic E-state index is 0.0820. The molecule has 0 amide bonds. The normalized spacial score (nSPS) is 10.9. The Morgan fingerprint density at radius 2 is 1.84 bits per heavy atom. The maximum Gasteiger partial charge on any atom is 0.125 e. The molecule has 0 saturated carbocycles. The Labute approximate surface area is 145 Å². The lowest BCUT2D eigenvalue weighted by Crippen LogP contribution is -2.00. The van der Waals surface area contributed by atoms with Crippen molar-refractivity contribution in [3.8, 4) is 16.9 Å². The molecule has 0 spiro atoms. The third-order valence-electron chi connectivity index (χ3n) is 4.28. The van der Waals surface area contributed by atoms with Gasteiger partial charge in [-0.1, -0.05) is 54.6 Å². The van der Waals surface area contributed by atoms with Crippen molar-refractivity contribution in [2.24, 2.45) is 0 Å². The predicted molar refractivity (Wildman–Crippen MR) is 98.2 cm³/mol. The van der Waals surface area contributed by atoms with Crippen LogP contribution < -0.4 is 4.74 Å². The number of rotatable bonds is 5. The first-order valence-corrected chi connectivity index (χ1v) is 8.18. The highest BCUT2D eigenvalue weighted by molar-refractivity contribution is 5.84. The molecule has 0 radical (unpaired) electrons. The number of aromatic nitrogens is 2. The number of benzene rings is 3. The monoisotopic (exact) mass is 330 g/mol. The van der Waals surface area contributed by atoms with E-state index in [-0.39, 0.29) is 6.61 Å². The summed E-state index contributed by atoms with van der Waals surface area (Å²) in [5.41, 5.74) is 4.83. The van der Waals surface area contributed by atoms with Crippen molar-refractivity contribution < 1.29 is 9.84 Å². The molecular formula is C21H18N2O2. The van der Waals surface area contributed by atoms with E-state index in [0.717, 1.165) is 33.2 Å². The van der Waals surface area contributed by atoms with Crippen LogP contribution in [0.5, 0.6) is 5.75 Å². The number of ether oxygens (including phenoxy) is 1. The molecule has 0 aliphatic heterocycles. The van der Waals surface area contributed by atoms with Gasteiger partial charge in [0.05, 0.1) is 18.3 Å². The molecule has 1 heterocycles. The minimum atomic E-state index is -0.0820. The quantitative estimate of drug-likeness (QED) is 0.573. The Kier molecular flexibility index (Phi) is 4.19. The second-order valence-corrected chi connectivity index (χ2v) is 5.89. The van der Waals surface area contributed by atoms with Gasteiger partial charge in [0.15, 0.2) is 0 Å². The van der Waals surface area contributed by atoms with Gasteiger partial charge in [-0.15, -0.1) is 0 Å². The third kappa shape index (κ3) is 3.12. The van der Waals surface area contributed by atoms with Crippen LogP contribution in [-0.4, -0.2) is 15.3 Å². The molecule has 4 rings (SSSR count). The van der Waals surface area contributed by atoms with Crippen molar-refractivity contribution in [2.75, 3.05) is 0 Å². The zero-order chi connectivity index (χ0) is 17.1. The third-order valence-corrected chi connectivity index (χ3v) is 4.28. The molecule has 4 nitrogen and oxygen atoms in total. The van der Waals surface area contributed by atoms with Crippen molar-refractivity contribution in [3.05, 3.63) is 84.1 Å². The van der Waals surface area contributed by atoms with Gasteiger partial charge >= 0.3 is 0 Å². The number of aromatic amines is 1. The highest BCUT2D eigenvalue weighted by Gasteiger charge is 2.11. The molecule has 0 fully saturated rings. The van der Waals surface area contributed by atoms with Crippen molar-refractivity contribution >= 4 is 10.9 Å². The van der Waals surface area contributed by atoms with Crippen LogP contribution in [0.3, 0.4) is 0 Å². The summed E-state index contributed by atoms with van der Waals surface area (Å²) >= 11 is 0. The Morgan fingerprint density at radius 1 is 0.960 bits per heavy atom. The van der Waals surface area contributed by atoms with Crippen molar-refractivity contribution in [3.63, 3.8) is 0 Å². The largest absolute Gasteiger partial charge is 0.489 e. The molecule has 0 bridgehead atoms. The molecule has 3 aromatic carbocycles. The Hall–Kier alpha value is -3.11. The lowest BCUT2D eigenvalue weighted by molar-refractivity contribution is 0.259. The average Bonchev–Trinajstić information content (AvgIpc) is 3.14. The molecule has 1 aromatic heterocycles. The van der Waals surface area contributed by atoms with E-state index < -0.39 is 0 Å². The Balaban J connectivity index is 1.68. The first-order valence-electron chi connectivity index (χ1n) is 8.18. The van der Waals surface area contributed by atoms with E-state index in [1.165, 1.54) is 0 Å². The number of aliphatic hydroxyl groups excluding tert-OH is 1. The highest BCUT2D eigenvalue weighted by Crippen LogP contribution is 2.32. The summed E-state index contributed by atoms with van der Waals surface area (Å²) in [7, 11) is 0. The summed E-state index contributed by atoms with van der Waals surface area (Å²) in [6.45, 7) is 0.387. The number of nitrogens with one attached hydrogen (secondary N) is 1. The maximum absolute atomic E-state index is 9.93. The number of aliphatic hydroxyl groups is 1. The summed E-state index contributed by atoms with van der Waals surface area (Å²) in [5.74, 6) is 0.702. The minimum Gasteiger partial charge on any atom is -0.489 e. The molecule has 4 heteroatoms. The van der Waals surface area contributed by atoms with Crippen LogP contribution in [0.4, 0.5) is 0 Å². The fraction of sp³-hybridized carbons (Fsp3) is 0.0952. The smallest absolute Gasteiger partial charge is 0.125 e. The molecule has 0 aliphatic rings. The molecule has 0 saturated heterocycles. The number of hydrogen-bond donors (Lipinski definition) is 2. The number of nitrogens with zero attached hydrogens (tertiary/aromatic N) is 1. The first-order chi connectivity index (χ1) is 12.3. The molecule has 0 atom stereocenters. The van der Waals surface area contributed by atoms with Gasteiger partial charge in [-0.25, -0.2) is 0 Å². The van der Waals surface area contributed by atoms with Crippen LogP contribution in [0.2, 0.25) is 0 Å². The van der Waals surface area contributed by atoms with E-state index in [4.69, 9.17) is 4.74 Å². The van der Waals surface area contributed by atoms with Crippen LogP contribution in [0.1, 0.15) is 11.1 Å². The van der Waals surface area contributed by atoms with Gasteiger partial charge in [-0.3, -0.25) is 5.10 Å². The molecule has 0 unspecified atom stereocenters.